The standard InChI is InChI=1S/C21H17F2N3O2S/c1-2-28-20(27)17-18(19(22)23)29-21(25-17)26(13-15-6-4-3-5-7-15)16-10-8-14(12-24)9-11-16/h3-11,19H,2,13H2,1H3. The molecule has 5 nitrogen and oxygen atoms in total. The second-order valence-electron chi connectivity index (χ2n) is 5.96. The second-order valence-corrected chi connectivity index (χ2v) is 6.97. The lowest BCUT2D eigenvalue weighted by Crippen LogP contribution is -2.17. The molecule has 0 saturated carbocycles. The Morgan fingerprint density at radius 1 is 1.21 bits per heavy atom. The van der Waals surface area contributed by atoms with Gasteiger partial charge in [0.1, 0.15) is 4.88 Å². The molecule has 0 saturated heterocycles. The minimum atomic E-state index is -2.85. The second kappa shape index (κ2) is 9.26. The lowest BCUT2D eigenvalue weighted by Gasteiger charge is -2.22. The van der Waals surface area contributed by atoms with E-state index in [1.807, 2.05) is 36.4 Å². The highest BCUT2D eigenvalue weighted by atomic mass is 32.1. The minimum absolute atomic E-state index is 0.0672. The van der Waals surface area contributed by atoms with Gasteiger partial charge in [-0.2, -0.15) is 5.26 Å². The molecule has 0 aliphatic carbocycles. The molecule has 0 fully saturated rings. The van der Waals surface area contributed by atoms with Gasteiger partial charge in [0.25, 0.3) is 6.43 Å². The number of hydrogen-bond acceptors (Lipinski definition) is 6. The van der Waals surface area contributed by atoms with Crippen LogP contribution in [-0.4, -0.2) is 17.6 Å². The van der Waals surface area contributed by atoms with E-state index in [1.54, 1.807) is 36.1 Å². The van der Waals surface area contributed by atoms with Crippen molar-refractivity contribution in [2.75, 3.05) is 11.5 Å². The van der Waals surface area contributed by atoms with E-state index < -0.39 is 17.3 Å². The first kappa shape index (κ1) is 20.4. The van der Waals surface area contributed by atoms with Gasteiger partial charge in [-0.1, -0.05) is 41.7 Å². The summed E-state index contributed by atoms with van der Waals surface area (Å²) in [6.45, 7) is 2.02. The molecule has 0 amide bonds. The van der Waals surface area contributed by atoms with Gasteiger partial charge in [0.2, 0.25) is 0 Å². The zero-order valence-corrected chi connectivity index (χ0v) is 16.3. The normalized spacial score (nSPS) is 10.6. The van der Waals surface area contributed by atoms with Crippen LogP contribution >= 0.6 is 11.3 Å². The molecule has 148 valence electrons. The number of thiazole rings is 1. The predicted octanol–water partition coefficient (Wildman–Crippen LogP) is 5.47. The molecule has 0 radical (unpaired) electrons. The average molecular weight is 413 g/mol. The summed E-state index contributed by atoms with van der Waals surface area (Å²) in [6, 6.07) is 18.2. The summed E-state index contributed by atoms with van der Waals surface area (Å²) >= 11 is 0.753. The number of benzene rings is 2. The van der Waals surface area contributed by atoms with Crippen LogP contribution in [0.3, 0.4) is 0 Å². The van der Waals surface area contributed by atoms with Gasteiger partial charge in [-0.3, -0.25) is 0 Å². The van der Waals surface area contributed by atoms with E-state index in [0.717, 1.165) is 16.9 Å². The van der Waals surface area contributed by atoms with Crippen LogP contribution in [0.5, 0.6) is 0 Å². The fraction of sp³-hybridized carbons (Fsp3) is 0.190. The number of carbonyl (C=O) groups is 1. The Labute approximate surface area is 170 Å². The third kappa shape index (κ3) is 4.76. The third-order valence-corrected chi connectivity index (χ3v) is 5.12. The number of ether oxygens (including phenoxy) is 1. The van der Waals surface area contributed by atoms with Crippen LogP contribution < -0.4 is 4.90 Å². The molecule has 0 unspecified atom stereocenters. The third-order valence-electron chi connectivity index (χ3n) is 4.03. The number of halogens is 2. The first-order valence-electron chi connectivity index (χ1n) is 8.81. The molecule has 29 heavy (non-hydrogen) atoms. The Hall–Kier alpha value is -3.31. The maximum atomic E-state index is 13.5. The van der Waals surface area contributed by atoms with Gasteiger partial charge < -0.3 is 9.64 Å². The Bertz CT molecular complexity index is 1010. The lowest BCUT2D eigenvalue weighted by molar-refractivity contribution is 0.0510. The van der Waals surface area contributed by atoms with E-state index in [0.29, 0.717) is 17.8 Å². The molecule has 3 rings (SSSR count). The molecular weight excluding hydrogens is 396 g/mol. The van der Waals surface area contributed by atoms with Crippen molar-refractivity contribution < 1.29 is 18.3 Å². The molecule has 0 atom stereocenters. The van der Waals surface area contributed by atoms with Crippen LogP contribution in [0.15, 0.2) is 54.6 Å². The average Bonchev–Trinajstić information content (AvgIpc) is 3.19. The van der Waals surface area contributed by atoms with Gasteiger partial charge in [-0.25, -0.2) is 18.6 Å². The van der Waals surface area contributed by atoms with Gasteiger partial charge in [0.05, 0.1) is 24.8 Å². The van der Waals surface area contributed by atoms with E-state index in [-0.39, 0.29) is 17.4 Å². The quantitative estimate of drug-likeness (QED) is 0.481. The summed E-state index contributed by atoms with van der Waals surface area (Å²) in [5.41, 5.74) is 1.71. The topological polar surface area (TPSA) is 66.2 Å². The number of nitriles is 1. The van der Waals surface area contributed by atoms with Gasteiger partial charge in [-0.05, 0) is 36.8 Å². The van der Waals surface area contributed by atoms with Crippen molar-refractivity contribution >= 4 is 28.1 Å². The van der Waals surface area contributed by atoms with Crippen LogP contribution in [-0.2, 0) is 11.3 Å². The van der Waals surface area contributed by atoms with Crippen LogP contribution in [0.25, 0.3) is 0 Å². The Morgan fingerprint density at radius 2 is 1.90 bits per heavy atom. The first-order chi connectivity index (χ1) is 14.0. The highest BCUT2D eigenvalue weighted by molar-refractivity contribution is 7.16. The number of alkyl halides is 2. The summed E-state index contributed by atoms with van der Waals surface area (Å²) in [4.78, 5) is 17.6. The number of anilines is 2. The zero-order chi connectivity index (χ0) is 20.8. The highest BCUT2D eigenvalue weighted by Gasteiger charge is 2.28. The van der Waals surface area contributed by atoms with E-state index in [9.17, 15) is 13.6 Å². The van der Waals surface area contributed by atoms with Crippen molar-refractivity contribution in [2.24, 2.45) is 0 Å². The molecule has 0 aliphatic rings. The fourth-order valence-corrected chi connectivity index (χ4v) is 3.61. The minimum Gasteiger partial charge on any atom is -0.461 e. The summed E-state index contributed by atoms with van der Waals surface area (Å²) in [6.07, 6.45) is -2.85. The Balaban J connectivity index is 2.06. The van der Waals surface area contributed by atoms with Gasteiger partial charge in [0.15, 0.2) is 10.8 Å². The molecule has 8 heteroatoms. The van der Waals surface area contributed by atoms with Crippen LogP contribution in [0.1, 0.15) is 39.8 Å². The maximum absolute atomic E-state index is 13.5. The van der Waals surface area contributed by atoms with Crippen molar-refractivity contribution in [3.8, 4) is 6.07 Å². The SMILES string of the molecule is CCOC(=O)c1nc(N(Cc2ccccc2)c2ccc(C#N)cc2)sc1C(F)F. The van der Waals surface area contributed by atoms with Crippen molar-refractivity contribution in [3.05, 3.63) is 76.3 Å². The van der Waals surface area contributed by atoms with Crippen molar-refractivity contribution in [2.45, 2.75) is 19.9 Å². The number of esters is 1. The summed E-state index contributed by atoms with van der Waals surface area (Å²) in [5.74, 6) is -0.871. The van der Waals surface area contributed by atoms with Crippen molar-refractivity contribution in [1.29, 1.82) is 5.26 Å². The van der Waals surface area contributed by atoms with Crippen LogP contribution in [0.4, 0.5) is 19.6 Å². The van der Waals surface area contributed by atoms with Crippen LogP contribution in [0, 0.1) is 11.3 Å². The van der Waals surface area contributed by atoms with Crippen molar-refractivity contribution in [3.63, 3.8) is 0 Å². The monoisotopic (exact) mass is 413 g/mol. The van der Waals surface area contributed by atoms with Crippen LogP contribution in [0.2, 0.25) is 0 Å². The number of aromatic nitrogens is 1. The number of nitrogens with zero attached hydrogens (tertiary/aromatic N) is 3. The molecule has 0 spiro atoms. The molecular formula is C21H17F2N3O2S. The predicted molar refractivity (Wildman–Crippen MR) is 106 cm³/mol. The van der Waals surface area contributed by atoms with E-state index >= 15 is 0 Å². The lowest BCUT2D eigenvalue weighted by atomic mass is 10.2. The van der Waals surface area contributed by atoms with E-state index in [4.69, 9.17) is 10.00 Å². The fourth-order valence-electron chi connectivity index (χ4n) is 2.68. The van der Waals surface area contributed by atoms with E-state index in [1.165, 1.54) is 0 Å². The number of hydrogen-bond donors (Lipinski definition) is 0. The molecule has 1 aromatic heterocycles. The zero-order valence-electron chi connectivity index (χ0n) is 15.5. The molecule has 0 bridgehead atoms. The smallest absolute Gasteiger partial charge is 0.358 e. The first-order valence-corrected chi connectivity index (χ1v) is 9.62. The molecule has 0 aliphatic heterocycles. The number of rotatable bonds is 7. The maximum Gasteiger partial charge on any atom is 0.358 e. The van der Waals surface area contributed by atoms with E-state index in [2.05, 4.69) is 4.98 Å². The highest BCUT2D eigenvalue weighted by Crippen LogP contribution is 2.38. The van der Waals surface area contributed by atoms with Gasteiger partial charge in [-0.15, -0.1) is 0 Å². The Morgan fingerprint density at radius 3 is 2.48 bits per heavy atom. The molecule has 0 N–H and O–H groups in total. The van der Waals surface area contributed by atoms with Gasteiger partial charge >= 0.3 is 5.97 Å². The van der Waals surface area contributed by atoms with Gasteiger partial charge in [0, 0.05) is 5.69 Å². The summed E-state index contributed by atoms with van der Waals surface area (Å²) in [7, 11) is 0. The summed E-state index contributed by atoms with van der Waals surface area (Å²) < 4.78 is 32.0. The molecule has 3 aromatic rings. The number of carbonyl (C=O) groups excluding carboxylic acids is 1. The van der Waals surface area contributed by atoms with Crippen molar-refractivity contribution in [1.82, 2.24) is 4.98 Å². The molecule has 2 aromatic carbocycles. The molecule has 1 heterocycles. The Kier molecular flexibility index (Phi) is 6.52. The summed E-state index contributed by atoms with van der Waals surface area (Å²) in [5, 5.41) is 9.27. The largest absolute Gasteiger partial charge is 0.461 e.